The maximum Gasteiger partial charge on any atom is 0.254 e. The van der Waals surface area contributed by atoms with Crippen molar-refractivity contribution in [1.82, 2.24) is 5.32 Å². The molecule has 0 aliphatic carbocycles. The van der Waals surface area contributed by atoms with Gasteiger partial charge >= 0.3 is 0 Å². The lowest BCUT2D eigenvalue weighted by atomic mass is 10.1. The van der Waals surface area contributed by atoms with Gasteiger partial charge in [0.25, 0.3) is 5.91 Å². The molecule has 1 fully saturated rings. The molecule has 1 aromatic rings. The zero-order chi connectivity index (χ0) is 14.9. The monoisotopic (exact) mass is 302 g/mol. The Kier molecular flexibility index (Phi) is 4.07. The number of benzene rings is 1. The fourth-order valence-electron chi connectivity index (χ4n) is 2.04. The Hall–Kier alpha value is -1.51. The Morgan fingerprint density at radius 2 is 2.20 bits per heavy atom. The number of carbonyl (C=O) groups is 1. The van der Waals surface area contributed by atoms with Gasteiger partial charge in [-0.15, -0.1) is 0 Å². The molecule has 0 bridgehead atoms. The summed E-state index contributed by atoms with van der Waals surface area (Å²) in [5, 5.41) is 7.63. The highest BCUT2D eigenvalue weighted by Gasteiger charge is 2.23. The van der Waals surface area contributed by atoms with E-state index in [1.807, 2.05) is 0 Å². The zero-order valence-corrected chi connectivity index (χ0v) is 11.7. The molecule has 1 unspecified atom stereocenters. The van der Waals surface area contributed by atoms with Crippen LogP contribution in [-0.2, 0) is 14.8 Å². The summed E-state index contributed by atoms with van der Waals surface area (Å²) in [6, 6.07) is 1.76. The number of rotatable bonds is 3. The number of primary sulfonamides is 1. The van der Waals surface area contributed by atoms with Gasteiger partial charge in [0.2, 0.25) is 10.0 Å². The topological polar surface area (TPSA) is 98.5 Å². The van der Waals surface area contributed by atoms with E-state index in [4.69, 9.17) is 9.88 Å². The quantitative estimate of drug-likeness (QED) is 0.839. The SMILES string of the molecule is Cc1cc(F)c(C(=O)NC2CCOC2)cc1S(N)(=O)=O. The van der Waals surface area contributed by atoms with Gasteiger partial charge in [-0.25, -0.2) is 17.9 Å². The first-order valence-corrected chi connectivity index (χ1v) is 7.55. The predicted molar refractivity (Wildman–Crippen MR) is 69.2 cm³/mol. The van der Waals surface area contributed by atoms with Crippen LogP contribution >= 0.6 is 0 Å². The van der Waals surface area contributed by atoms with Crippen LogP contribution in [0.1, 0.15) is 22.3 Å². The number of nitrogens with one attached hydrogen (secondary N) is 1. The summed E-state index contributed by atoms with van der Waals surface area (Å²) in [6.45, 7) is 2.31. The largest absolute Gasteiger partial charge is 0.379 e. The molecule has 1 aliphatic rings. The van der Waals surface area contributed by atoms with Crippen LogP contribution in [-0.4, -0.2) is 33.6 Å². The Morgan fingerprint density at radius 1 is 1.50 bits per heavy atom. The van der Waals surface area contributed by atoms with Gasteiger partial charge in [0, 0.05) is 6.61 Å². The van der Waals surface area contributed by atoms with Crippen LogP contribution in [0.4, 0.5) is 4.39 Å². The molecular weight excluding hydrogens is 287 g/mol. The summed E-state index contributed by atoms with van der Waals surface area (Å²) in [5.41, 5.74) is -0.183. The van der Waals surface area contributed by atoms with Crippen molar-refractivity contribution >= 4 is 15.9 Å². The van der Waals surface area contributed by atoms with Crippen LogP contribution in [0.25, 0.3) is 0 Å². The van der Waals surface area contributed by atoms with Gasteiger partial charge in [0.05, 0.1) is 23.1 Å². The number of ether oxygens (including phenoxy) is 1. The minimum atomic E-state index is -4.00. The standard InChI is InChI=1S/C12H15FN2O4S/c1-7-4-10(13)9(5-11(7)20(14,17)18)12(16)15-8-2-3-19-6-8/h4-5,8H,2-3,6H2,1H3,(H,15,16)(H2,14,17,18). The number of amides is 1. The van der Waals surface area contributed by atoms with Gasteiger partial charge in [-0.1, -0.05) is 0 Å². The van der Waals surface area contributed by atoms with Crippen molar-refractivity contribution in [1.29, 1.82) is 0 Å². The smallest absolute Gasteiger partial charge is 0.254 e. The van der Waals surface area contributed by atoms with E-state index in [1.54, 1.807) is 0 Å². The third-order valence-electron chi connectivity index (χ3n) is 3.08. The number of carbonyl (C=O) groups excluding carboxylic acids is 1. The van der Waals surface area contributed by atoms with Crippen molar-refractivity contribution in [3.05, 3.63) is 29.1 Å². The summed E-state index contributed by atoms with van der Waals surface area (Å²) in [5.74, 6) is -1.46. The highest BCUT2D eigenvalue weighted by atomic mass is 32.2. The molecule has 1 heterocycles. The normalized spacial score (nSPS) is 19.1. The van der Waals surface area contributed by atoms with E-state index in [-0.39, 0.29) is 22.1 Å². The molecule has 2 rings (SSSR count). The van der Waals surface area contributed by atoms with Gasteiger partial charge in [-0.05, 0) is 31.0 Å². The first-order chi connectivity index (χ1) is 9.29. The van der Waals surface area contributed by atoms with E-state index in [2.05, 4.69) is 5.32 Å². The van der Waals surface area contributed by atoms with Gasteiger partial charge in [-0.2, -0.15) is 0 Å². The molecule has 0 spiro atoms. The zero-order valence-electron chi connectivity index (χ0n) is 10.8. The lowest BCUT2D eigenvalue weighted by molar-refractivity contribution is 0.0925. The minimum Gasteiger partial charge on any atom is -0.379 e. The minimum absolute atomic E-state index is 0.158. The third kappa shape index (κ3) is 3.14. The summed E-state index contributed by atoms with van der Waals surface area (Å²) >= 11 is 0. The second-order valence-corrected chi connectivity index (χ2v) is 6.21. The molecular formula is C12H15FN2O4S. The number of halogens is 1. The van der Waals surface area contributed by atoms with Gasteiger partial charge in [0.15, 0.2) is 0 Å². The molecule has 0 aromatic heterocycles. The average molecular weight is 302 g/mol. The molecule has 1 atom stereocenters. The summed E-state index contributed by atoms with van der Waals surface area (Å²) in [6.07, 6.45) is 0.640. The number of hydrogen-bond donors (Lipinski definition) is 2. The van der Waals surface area contributed by atoms with Crippen LogP contribution in [0.15, 0.2) is 17.0 Å². The molecule has 0 radical (unpaired) electrons. The number of aryl methyl sites for hydroxylation is 1. The molecule has 1 amide bonds. The Morgan fingerprint density at radius 3 is 2.75 bits per heavy atom. The van der Waals surface area contributed by atoms with Gasteiger partial charge in [0.1, 0.15) is 5.82 Å². The van der Waals surface area contributed by atoms with Gasteiger partial charge < -0.3 is 10.1 Å². The third-order valence-corrected chi connectivity index (χ3v) is 4.13. The lowest BCUT2D eigenvalue weighted by Gasteiger charge is -2.12. The van der Waals surface area contributed by atoms with Crippen LogP contribution in [0, 0.1) is 12.7 Å². The van der Waals surface area contributed by atoms with E-state index < -0.39 is 21.7 Å². The second kappa shape index (κ2) is 5.47. The molecule has 110 valence electrons. The van der Waals surface area contributed by atoms with Crippen LogP contribution in [0.2, 0.25) is 0 Å². The van der Waals surface area contributed by atoms with Crippen molar-refractivity contribution in [2.45, 2.75) is 24.3 Å². The molecule has 3 N–H and O–H groups in total. The van der Waals surface area contributed by atoms with Crippen LogP contribution in [0.3, 0.4) is 0 Å². The van der Waals surface area contributed by atoms with E-state index in [0.29, 0.717) is 19.6 Å². The number of nitrogens with two attached hydrogens (primary N) is 1. The first-order valence-electron chi connectivity index (χ1n) is 6.00. The average Bonchev–Trinajstić information content (AvgIpc) is 2.79. The second-order valence-electron chi connectivity index (χ2n) is 4.68. The Labute approximate surface area is 116 Å². The van der Waals surface area contributed by atoms with E-state index >= 15 is 0 Å². The fraction of sp³-hybridized carbons (Fsp3) is 0.417. The van der Waals surface area contributed by atoms with Crippen molar-refractivity contribution in [3.63, 3.8) is 0 Å². The maximum atomic E-state index is 13.8. The molecule has 20 heavy (non-hydrogen) atoms. The van der Waals surface area contributed by atoms with E-state index in [0.717, 1.165) is 12.1 Å². The lowest BCUT2D eigenvalue weighted by Crippen LogP contribution is -2.35. The molecule has 1 aliphatic heterocycles. The van der Waals surface area contributed by atoms with Crippen LogP contribution < -0.4 is 10.5 Å². The first kappa shape index (κ1) is 14.9. The molecule has 1 aromatic carbocycles. The van der Waals surface area contributed by atoms with E-state index in [9.17, 15) is 17.6 Å². The molecule has 0 saturated carbocycles. The Balaban J connectivity index is 2.33. The number of sulfonamides is 1. The van der Waals surface area contributed by atoms with Gasteiger partial charge in [-0.3, -0.25) is 4.79 Å². The van der Waals surface area contributed by atoms with Crippen molar-refractivity contribution in [2.75, 3.05) is 13.2 Å². The summed E-state index contributed by atoms with van der Waals surface area (Å²) in [4.78, 5) is 11.7. The maximum absolute atomic E-state index is 13.8. The molecule has 6 nitrogen and oxygen atoms in total. The van der Waals surface area contributed by atoms with Crippen molar-refractivity contribution < 1.29 is 22.3 Å². The highest BCUT2D eigenvalue weighted by molar-refractivity contribution is 7.89. The molecule has 1 saturated heterocycles. The predicted octanol–water partition coefficient (Wildman–Crippen LogP) is 0.300. The van der Waals surface area contributed by atoms with E-state index in [1.165, 1.54) is 6.92 Å². The Bertz CT molecular complexity index is 639. The summed E-state index contributed by atoms with van der Waals surface area (Å²) in [7, 11) is -4.00. The van der Waals surface area contributed by atoms with Crippen LogP contribution in [0.5, 0.6) is 0 Å². The van der Waals surface area contributed by atoms with Crippen molar-refractivity contribution in [3.8, 4) is 0 Å². The molecule has 8 heteroatoms. The summed E-state index contributed by atoms with van der Waals surface area (Å²) < 4.78 is 41.7. The highest BCUT2D eigenvalue weighted by Crippen LogP contribution is 2.19. The fourth-order valence-corrected chi connectivity index (χ4v) is 2.83. The number of hydrogen-bond acceptors (Lipinski definition) is 4. The van der Waals surface area contributed by atoms with Crippen molar-refractivity contribution in [2.24, 2.45) is 5.14 Å².